The number of hydrogen-bond acceptors (Lipinski definition) is 5. The minimum atomic E-state index is -0.790. The molecule has 0 aromatic carbocycles. The van der Waals surface area contributed by atoms with Crippen molar-refractivity contribution in [1.82, 2.24) is 9.80 Å². The number of hydrogen-bond donors (Lipinski definition) is 2. The van der Waals surface area contributed by atoms with E-state index in [1.165, 1.54) is 4.90 Å². The fraction of sp³-hybridized carbons (Fsp3) is 0.500. The Bertz CT molecular complexity index is 518. The number of carbonyl (C=O) groups is 2. The summed E-state index contributed by atoms with van der Waals surface area (Å²) in [5, 5.41) is 16.4. The Morgan fingerprint density at radius 2 is 2.25 bits per heavy atom. The molecule has 1 rings (SSSR count). The van der Waals surface area contributed by atoms with E-state index in [1.807, 2.05) is 0 Å². The lowest BCUT2D eigenvalue weighted by Crippen LogP contribution is -2.49. The maximum absolute atomic E-state index is 12.1. The van der Waals surface area contributed by atoms with Crippen LogP contribution in [-0.2, 0) is 9.53 Å². The highest BCUT2D eigenvalue weighted by Gasteiger charge is 2.44. The summed E-state index contributed by atoms with van der Waals surface area (Å²) in [6.45, 7) is 5.43. The molecule has 0 atom stereocenters. The third-order valence-corrected chi connectivity index (χ3v) is 2.74. The van der Waals surface area contributed by atoms with Gasteiger partial charge in [0, 0.05) is 6.20 Å². The number of rotatable bonds is 3. The zero-order chi connectivity index (χ0) is 15.5. The van der Waals surface area contributed by atoms with Gasteiger partial charge in [-0.2, -0.15) is 5.26 Å². The first kappa shape index (κ1) is 15.5. The molecule has 0 saturated carbocycles. The van der Waals surface area contributed by atoms with Gasteiger partial charge in [-0.3, -0.25) is 15.2 Å². The Hall–Kier alpha value is -2.56. The number of carbonyl (C=O) groups excluding carboxylic acids is 2. The molecule has 0 aliphatic carbocycles. The molecule has 1 aliphatic heterocycles. The topological polar surface area (TPSA) is 124 Å². The molecule has 0 spiro atoms. The number of guanidine groups is 1. The molecular weight excluding hydrogens is 262 g/mol. The number of esters is 1. The van der Waals surface area contributed by atoms with Gasteiger partial charge in [0.15, 0.2) is 11.5 Å². The number of nitrogens with zero attached hydrogens (tertiary/aromatic N) is 3. The molecule has 1 heterocycles. The van der Waals surface area contributed by atoms with E-state index in [0.717, 1.165) is 11.1 Å². The molecule has 1 aliphatic rings. The van der Waals surface area contributed by atoms with Gasteiger partial charge in [-0.25, -0.2) is 9.59 Å². The van der Waals surface area contributed by atoms with Crippen LogP contribution in [0.15, 0.2) is 11.8 Å². The zero-order valence-electron chi connectivity index (χ0n) is 11.6. The van der Waals surface area contributed by atoms with Gasteiger partial charge < -0.3 is 10.5 Å². The normalized spacial score (nSPS) is 17.9. The van der Waals surface area contributed by atoms with Gasteiger partial charge in [0.1, 0.15) is 6.07 Å². The lowest BCUT2D eigenvalue weighted by Gasteiger charge is -2.27. The third kappa shape index (κ3) is 2.88. The molecular formula is C12H17N5O3. The maximum Gasteiger partial charge on any atom is 0.350 e. The van der Waals surface area contributed by atoms with E-state index in [2.05, 4.69) is 0 Å². The minimum absolute atomic E-state index is 0.136. The monoisotopic (exact) mass is 279 g/mol. The standard InChI is InChI=1S/C12H17N5O3/c1-4-20-9(18)8(5-13)6-16-7-12(2,3)17(10(14)15)11(16)19/h6H,4,7H2,1-3H3,(H3,14,15)/b8-6+. The van der Waals surface area contributed by atoms with Crippen LogP contribution >= 0.6 is 0 Å². The smallest absolute Gasteiger partial charge is 0.350 e. The molecule has 8 heteroatoms. The number of ether oxygens (including phenoxy) is 1. The largest absolute Gasteiger partial charge is 0.462 e. The summed E-state index contributed by atoms with van der Waals surface area (Å²) in [6.07, 6.45) is 1.13. The van der Waals surface area contributed by atoms with E-state index < -0.39 is 17.5 Å². The predicted molar refractivity (Wildman–Crippen MR) is 70.3 cm³/mol. The van der Waals surface area contributed by atoms with Crippen LogP contribution in [0, 0.1) is 16.7 Å². The maximum atomic E-state index is 12.1. The molecule has 0 aromatic heterocycles. The van der Waals surface area contributed by atoms with Crippen molar-refractivity contribution in [3.63, 3.8) is 0 Å². The predicted octanol–water partition coefficient (Wildman–Crippen LogP) is 0.367. The number of urea groups is 1. The molecule has 2 amide bonds. The Morgan fingerprint density at radius 3 is 2.65 bits per heavy atom. The van der Waals surface area contributed by atoms with Gasteiger partial charge in [0.2, 0.25) is 0 Å². The first-order valence-corrected chi connectivity index (χ1v) is 5.98. The third-order valence-electron chi connectivity index (χ3n) is 2.74. The van der Waals surface area contributed by atoms with Crippen LogP contribution in [0.2, 0.25) is 0 Å². The fourth-order valence-corrected chi connectivity index (χ4v) is 1.96. The van der Waals surface area contributed by atoms with Gasteiger partial charge >= 0.3 is 12.0 Å². The molecule has 1 saturated heterocycles. The van der Waals surface area contributed by atoms with E-state index >= 15 is 0 Å². The van der Waals surface area contributed by atoms with Crippen LogP contribution in [-0.4, -0.2) is 46.5 Å². The second kappa shape index (κ2) is 5.61. The molecule has 108 valence electrons. The summed E-state index contributed by atoms with van der Waals surface area (Å²) < 4.78 is 4.72. The summed E-state index contributed by atoms with van der Waals surface area (Å²) in [5.41, 5.74) is 4.40. The van der Waals surface area contributed by atoms with E-state index in [-0.39, 0.29) is 24.7 Å². The van der Waals surface area contributed by atoms with Crippen molar-refractivity contribution in [3.05, 3.63) is 11.8 Å². The fourth-order valence-electron chi connectivity index (χ4n) is 1.96. The molecule has 0 aromatic rings. The van der Waals surface area contributed by atoms with Crippen molar-refractivity contribution in [2.45, 2.75) is 26.3 Å². The number of amides is 2. The highest BCUT2D eigenvalue weighted by atomic mass is 16.5. The van der Waals surface area contributed by atoms with E-state index in [0.29, 0.717) is 0 Å². The van der Waals surface area contributed by atoms with Gasteiger partial charge in [0.25, 0.3) is 0 Å². The number of nitrogens with two attached hydrogens (primary N) is 1. The van der Waals surface area contributed by atoms with E-state index in [9.17, 15) is 9.59 Å². The Labute approximate surface area is 116 Å². The molecule has 20 heavy (non-hydrogen) atoms. The quantitative estimate of drug-likeness (QED) is 0.254. The average molecular weight is 279 g/mol. The van der Waals surface area contributed by atoms with Crippen molar-refractivity contribution >= 4 is 18.0 Å². The van der Waals surface area contributed by atoms with Crippen LogP contribution in [0.5, 0.6) is 0 Å². The summed E-state index contributed by atoms with van der Waals surface area (Å²) in [6, 6.07) is 1.14. The molecule has 1 fully saturated rings. The second-order valence-corrected chi connectivity index (χ2v) is 4.82. The highest BCUT2D eigenvalue weighted by Crippen LogP contribution is 2.26. The minimum Gasteiger partial charge on any atom is -0.462 e. The van der Waals surface area contributed by atoms with E-state index in [1.54, 1.807) is 26.8 Å². The molecule has 8 nitrogen and oxygen atoms in total. The van der Waals surface area contributed by atoms with Gasteiger partial charge in [0.05, 0.1) is 18.7 Å². The van der Waals surface area contributed by atoms with Crippen molar-refractivity contribution in [2.24, 2.45) is 5.73 Å². The van der Waals surface area contributed by atoms with Crippen molar-refractivity contribution < 1.29 is 14.3 Å². The first-order valence-electron chi connectivity index (χ1n) is 5.98. The summed E-state index contributed by atoms with van der Waals surface area (Å²) >= 11 is 0. The van der Waals surface area contributed by atoms with Gasteiger partial charge in [-0.15, -0.1) is 0 Å². The lowest BCUT2D eigenvalue weighted by atomic mass is 10.1. The van der Waals surface area contributed by atoms with Crippen LogP contribution < -0.4 is 5.73 Å². The van der Waals surface area contributed by atoms with Gasteiger partial charge in [-0.1, -0.05) is 0 Å². The number of nitriles is 1. The van der Waals surface area contributed by atoms with E-state index in [4.69, 9.17) is 21.1 Å². The lowest BCUT2D eigenvalue weighted by molar-refractivity contribution is -0.138. The summed E-state index contributed by atoms with van der Waals surface area (Å²) in [4.78, 5) is 25.9. The van der Waals surface area contributed by atoms with Crippen molar-refractivity contribution in [2.75, 3.05) is 13.2 Å². The molecule has 0 unspecified atom stereocenters. The van der Waals surface area contributed by atoms with Crippen molar-refractivity contribution in [1.29, 1.82) is 10.7 Å². The van der Waals surface area contributed by atoms with Crippen LogP contribution in [0.1, 0.15) is 20.8 Å². The summed E-state index contributed by atoms with van der Waals surface area (Å²) in [7, 11) is 0. The van der Waals surface area contributed by atoms with Crippen LogP contribution in [0.25, 0.3) is 0 Å². The molecule has 3 N–H and O–H groups in total. The molecule has 0 bridgehead atoms. The Kier molecular flexibility index (Phi) is 4.34. The average Bonchev–Trinajstić information content (AvgIpc) is 2.55. The van der Waals surface area contributed by atoms with Crippen LogP contribution in [0.4, 0.5) is 4.79 Å². The molecule has 0 radical (unpaired) electrons. The highest BCUT2D eigenvalue weighted by molar-refractivity contribution is 5.98. The SMILES string of the molecule is CCOC(=O)/C(C#N)=C/N1CC(C)(C)N(C(=N)N)C1=O. The van der Waals surface area contributed by atoms with Crippen molar-refractivity contribution in [3.8, 4) is 6.07 Å². The number of nitrogens with one attached hydrogen (secondary N) is 1. The Morgan fingerprint density at radius 1 is 1.65 bits per heavy atom. The Balaban J connectivity index is 3.05. The first-order chi connectivity index (χ1) is 9.24. The second-order valence-electron chi connectivity index (χ2n) is 4.82. The summed E-state index contributed by atoms with van der Waals surface area (Å²) in [5.74, 6) is -1.17. The van der Waals surface area contributed by atoms with Crippen LogP contribution in [0.3, 0.4) is 0 Å². The van der Waals surface area contributed by atoms with Gasteiger partial charge in [-0.05, 0) is 20.8 Å². The zero-order valence-corrected chi connectivity index (χ0v) is 11.6.